The molecule has 0 amide bonds. The Hall–Kier alpha value is -2.83. The molecular formula is C16H12F3N3O. The van der Waals surface area contributed by atoms with Crippen molar-refractivity contribution in [1.82, 2.24) is 9.38 Å². The zero-order valence-electron chi connectivity index (χ0n) is 12.1. The van der Waals surface area contributed by atoms with Crippen LogP contribution in [0.25, 0.3) is 16.6 Å². The second-order valence-electron chi connectivity index (χ2n) is 4.90. The molecule has 0 unspecified atom stereocenters. The lowest BCUT2D eigenvalue weighted by molar-refractivity contribution is -0.137. The molecule has 0 bridgehead atoms. The topological polar surface area (TPSA) is 46.4 Å². The molecule has 0 saturated carbocycles. The quantitative estimate of drug-likeness (QED) is 0.787. The molecule has 7 heteroatoms. The molecule has 0 spiro atoms. The number of rotatable bonds is 2. The summed E-state index contributed by atoms with van der Waals surface area (Å²) >= 11 is 0. The Kier molecular flexibility index (Phi) is 3.55. The van der Waals surface area contributed by atoms with E-state index in [-0.39, 0.29) is 17.0 Å². The molecule has 3 rings (SSSR count). The van der Waals surface area contributed by atoms with Gasteiger partial charge in [-0.25, -0.2) is 0 Å². The van der Waals surface area contributed by atoms with E-state index in [2.05, 4.69) is 10.3 Å². The highest BCUT2D eigenvalue weighted by Crippen LogP contribution is 2.32. The molecular weight excluding hydrogens is 307 g/mol. The maximum absolute atomic E-state index is 13.0. The van der Waals surface area contributed by atoms with Crippen molar-refractivity contribution in [1.29, 1.82) is 0 Å². The van der Waals surface area contributed by atoms with Crippen LogP contribution in [0.2, 0.25) is 0 Å². The Bertz CT molecular complexity index is 917. The molecule has 4 nitrogen and oxygen atoms in total. The lowest BCUT2D eigenvalue weighted by Crippen LogP contribution is -2.17. The van der Waals surface area contributed by atoms with Gasteiger partial charge in [0, 0.05) is 13.2 Å². The summed E-state index contributed by atoms with van der Waals surface area (Å²) < 4.78 is 40.5. The maximum atomic E-state index is 13.0. The first-order chi connectivity index (χ1) is 10.9. The van der Waals surface area contributed by atoms with Crippen LogP contribution in [0.4, 0.5) is 19.1 Å². The summed E-state index contributed by atoms with van der Waals surface area (Å²) in [5, 5.41) is 2.72. The number of hydrogen-bond acceptors (Lipinski definition) is 3. The smallest absolute Gasteiger partial charge is 0.358 e. The molecule has 2 aromatic heterocycles. The van der Waals surface area contributed by atoms with E-state index in [0.717, 1.165) is 12.1 Å². The highest BCUT2D eigenvalue weighted by Gasteiger charge is 2.31. The second-order valence-corrected chi connectivity index (χ2v) is 4.90. The minimum Gasteiger partial charge on any atom is -0.358 e. The first-order valence-electron chi connectivity index (χ1n) is 6.78. The van der Waals surface area contributed by atoms with Gasteiger partial charge in [-0.2, -0.15) is 18.2 Å². The molecule has 23 heavy (non-hydrogen) atoms. The summed E-state index contributed by atoms with van der Waals surface area (Å²) in [4.78, 5) is 16.2. The fourth-order valence-corrected chi connectivity index (χ4v) is 2.42. The number of fused-ring (bicyclic) bond motifs is 1. The normalized spacial score (nSPS) is 11.7. The number of pyridine rings is 1. The van der Waals surface area contributed by atoms with E-state index in [1.54, 1.807) is 37.4 Å². The molecule has 0 fully saturated rings. The van der Waals surface area contributed by atoms with Gasteiger partial charge in [0.1, 0.15) is 0 Å². The molecule has 0 saturated heterocycles. The number of hydrogen-bond donors (Lipinski definition) is 1. The fraction of sp³-hybridized carbons (Fsp3) is 0.125. The van der Waals surface area contributed by atoms with E-state index >= 15 is 0 Å². The first-order valence-corrected chi connectivity index (χ1v) is 6.78. The van der Waals surface area contributed by atoms with Crippen molar-refractivity contribution in [2.45, 2.75) is 6.18 Å². The summed E-state index contributed by atoms with van der Waals surface area (Å²) in [5.74, 6) is 0.179. The lowest BCUT2D eigenvalue weighted by atomic mass is 10.1. The number of anilines is 1. The summed E-state index contributed by atoms with van der Waals surface area (Å²) in [6, 6.07) is 10.4. The van der Waals surface area contributed by atoms with E-state index in [1.165, 1.54) is 10.6 Å². The van der Waals surface area contributed by atoms with E-state index in [0.29, 0.717) is 5.56 Å². The number of benzene rings is 1. The molecule has 118 valence electrons. The van der Waals surface area contributed by atoms with Gasteiger partial charge in [0.25, 0.3) is 5.56 Å². The molecule has 0 aliphatic rings. The van der Waals surface area contributed by atoms with E-state index in [4.69, 9.17) is 0 Å². The van der Waals surface area contributed by atoms with Gasteiger partial charge in [-0.15, -0.1) is 0 Å². The highest BCUT2D eigenvalue weighted by molar-refractivity contribution is 5.81. The molecule has 3 aromatic rings. The van der Waals surface area contributed by atoms with Crippen molar-refractivity contribution in [2.75, 3.05) is 12.4 Å². The number of nitrogens with zero attached hydrogens (tertiary/aromatic N) is 2. The number of halogens is 3. The summed E-state index contributed by atoms with van der Waals surface area (Å²) in [5.41, 5.74) is -0.599. The number of nitrogens with one attached hydrogen (secondary N) is 1. The van der Waals surface area contributed by atoms with Gasteiger partial charge in [-0.05, 0) is 17.7 Å². The van der Waals surface area contributed by atoms with Gasteiger partial charge in [0.05, 0.1) is 16.6 Å². The Morgan fingerprint density at radius 3 is 2.43 bits per heavy atom. The number of aromatic nitrogens is 2. The first kappa shape index (κ1) is 15.1. The lowest BCUT2D eigenvalue weighted by Gasteiger charge is -2.14. The number of alkyl halides is 3. The Morgan fingerprint density at radius 1 is 1.13 bits per heavy atom. The van der Waals surface area contributed by atoms with Gasteiger partial charge < -0.3 is 5.32 Å². The van der Waals surface area contributed by atoms with Crippen LogP contribution in [0.5, 0.6) is 0 Å². The minimum atomic E-state index is -4.49. The van der Waals surface area contributed by atoms with Crippen LogP contribution in [0.15, 0.2) is 53.5 Å². The van der Waals surface area contributed by atoms with Crippen LogP contribution in [0, 0.1) is 0 Å². The average Bonchev–Trinajstić information content (AvgIpc) is 2.53. The second kappa shape index (κ2) is 5.42. The molecule has 0 radical (unpaired) electrons. The SMILES string of the molecule is CNc1nc(=O)c(-c2ccccc2)c2cc(C(F)(F)F)ccn12. The summed E-state index contributed by atoms with van der Waals surface area (Å²) in [7, 11) is 1.55. The van der Waals surface area contributed by atoms with E-state index in [9.17, 15) is 18.0 Å². The van der Waals surface area contributed by atoms with Crippen LogP contribution in [-0.2, 0) is 6.18 Å². The molecule has 1 N–H and O–H groups in total. The van der Waals surface area contributed by atoms with Crippen molar-refractivity contribution in [3.05, 3.63) is 64.6 Å². The average molecular weight is 319 g/mol. The predicted octanol–water partition coefficient (Wildman–Crippen LogP) is 3.42. The maximum Gasteiger partial charge on any atom is 0.416 e. The van der Waals surface area contributed by atoms with Crippen molar-refractivity contribution < 1.29 is 13.2 Å². The third-order valence-corrected chi connectivity index (χ3v) is 3.47. The standard InChI is InChI=1S/C16H12F3N3O/c1-20-15-21-14(23)13(10-5-3-2-4-6-10)12-9-11(16(17,18)19)7-8-22(12)15/h2-9H,1H3,(H,20,21,23). The third-order valence-electron chi connectivity index (χ3n) is 3.47. The van der Waals surface area contributed by atoms with Crippen LogP contribution in [-0.4, -0.2) is 16.4 Å². The molecule has 0 atom stereocenters. The van der Waals surface area contributed by atoms with E-state index in [1.807, 2.05) is 0 Å². The third kappa shape index (κ3) is 2.65. The van der Waals surface area contributed by atoms with Gasteiger partial charge in [0.15, 0.2) is 0 Å². The van der Waals surface area contributed by atoms with Gasteiger partial charge in [0.2, 0.25) is 5.95 Å². The Labute approximate surface area is 129 Å². The Morgan fingerprint density at radius 2 is 1.83 bits per heavy atom. The molecule has 0 aliphatic carbocycles. The largest absolute Gasteiger partial charge is 0.416 e. The molecule has 1 aromatic carbocycles. The molecule has 0 aliphatic heterocycles. The fourth-order valence-electron chi connectivity index (χ4n) is 2.42. The summed E-state index contributed by atoms with van der Waals surface area (Å²) in [6.07, 6.45) is -3.24. The molecule has 2 heterocycles. The minimum absolute atomic E-state index is 0.135. The van der Waals surface area contributed by atoms with Gasteiger partial charge >= 0.3 is 6.18 Å². The van der Waals surface area contributed by atoms with Gasteiger partial charge in [-0.1, -0.05) is 30.3 Å². The predicted molar refractivity (Wildman–Crippen MR) is 81.4 cm³/mol. The van der Waals surface area contributed by atoms with Crippen molar-refractivity contribution >= 4 is 11.5 Å². The van der Waals surface area contributed by atoms with Gasteiger partial charge in [-0.3, -0.25) is 9.20 Å². The monoisotopic (exact) mass is 319 g/mol. The van der Waals surface area contributed by atoms with Crippen molar-refractivity contribution in [3.8, 4) is 11.1 Å². The van der Waals surface area contributed by atoms with Crippen molar-refractivity contribution in [2.24, 2.45) is 0 Å². The van der Waals surface area contributed by atoms with Crippen molar-refractivity contribution in [3.63, 3.8) is 0 Å². The zero-order valence-corrected chi connectivity index (χ0v) is 12.1. The zero-order chi connectivity index (χ0) is 16.6. The Balaban J connectivity index is 2.43. The highest BCUT2D eigenvalue weighted by atomic mass is 19.4. The summed E-state index contributed by atoms with van der Waals surface area (Å²) in [6.45, 7) is 0. The van der Waals surface area contributed by atoms with Crippen LogP contribution in [0.3, 0.4) is 0 Å². The van der Waals surface area contributed by atoms with E-state index < -0.39 is 17.3 Å². The van der Waals surface area contributed by atoms with Crippen LogP contribution in [0.1, 0.15) is 5.56 Å². The van der Waals surface area contributed by atoms with Crippen LogP contribution < -0.4 is 10.9 Å². The van der Waals surface area contributed by atoms with Crippen LogP contribution >= 0.6 is 0 Å².